The number of hydrogen-bond donors (Lipinski definition) is 0. The monoisotopic (exact) mass is 530 g/mol. The van der Waals surface area contributed by atoms with Gasteiger partial charge in [-0.25, -0.2) is 0 Å². The average molecular weight is 531 g/mol. The molecule has 2 aliphatic heterocycles. The minimum absolute atomic E-state index is 0. The molecule has 0 atom stereocenters. The van der Waals surface area contributed by atoms with Crippen LogP contribution >= 0.6 is 0 Å². The summed E-state index contributed by atoms with van der Waals surface area (Å²) in [4.78, 5) is 4.36. The largest absolute Gasteiger partial charge is 2.00 e. The molecule has 202 valence electrons. The molecule has 7 heteroatoms. The summed E-state index contributed by atoms with van der Waals surface area (Å²) in [5.41, 5.74) is 0.951. The molecule has 0 saturated carbocycles. The van der Waals surface area contributed by atoms with E-state index in [4.69, 9.17) is 10.6 Å². The average Bonchev–Trinajstić information content (AvgIpc) is 2.47. The van der Waals surface area contributed by atoms with Crippen molar-refractivity contribution in [1.82, 2.24) is 9.80 Å². The van der Waals surface area contributed by atoms with Crippen LogP contribution < -0.4 is 29.6 Å². The van der Waals surface area contributed by atoms with Crippen LogP contribution in [0.15, 0.2) is 0 Å². The Morgan fingerprint density at radius 1 is 0.600 bits per heavy atom. The molecule has 35 heavy (non-hydrogen) atoms. The van der Waals surface area contributed by atoms with Gasteiger partial charge in [0.2, 0.25) is 0 Å². The standard InChI is InChI=1S/2C9H18N.C6H16N2.C4H11Si.Mg.Na/c2*1-8(2)6-5-7-9(3,4)10-8;1-7(2)5-6-8(3)4;1-5(2,3)4;;/h2*5-7H2,1-4H3;5-6H2,1-4H3;1H2,2-4H3;;/q2*-1;;-1;+2;+1. The van der Waals surface area contributed by atoms with Gasteiger partial charge in [0.05, 0.1) is 0 Å². The van der Waals surface area contributed by atoms with Gasteiger partial charge in [0.15, 0.2) is 0 Å². The van der Waals surface area contributed by atoms with E-state index in [1.54, 1.807) is 0 Å². The van der Waals surface area contributed by atoms with Gasteiger partial charge in [0, 0.05) is 13.1 Å². The quantitative estimate of drug-likeness (QED) is 0.394. The van der Waals surface area contributed by atoms with Crippen LogP contribution in [-0.2, 0) is 0 Å². The van der Waals surface area contributed by atoms with E-state index in [9.17, 15) is 0 Å². The maximum atomic E-state index is 4.75. The molecule has 2 rings (SSSR count). The van der Waals surface area contributed by atoms with Crippen molar-refractivity contribution in [2.24, 2.45) is 0 Å². The van der Waals surface area contributed by atoms with Crippen LogP contribution in [0.3, 0.4) is 0 Å². The Kier molecular flexibility index (Phi) is 23.8. The number of rotatable bonds is 3. The summed E-state index contributed by atoms with van der Waals surface area (Å²) in [5, 5.41) is 9.49. The predicted octanol–water partition coefficient (Wildman–Crippen LogP) is 4.63. The fraction of sp³-hybridized carbons (Fsp3) is 0.964. The van der Waals surface area contributed by atoms with Gasteiger partial charge in [0.1, 0.15) is 0 Å². The first-order valence-corrected chi connectivity index (χ1v) is 16.8. The molecule has 0 amide bonds. The zero-order chi connectivity index (χ0) is 26.7. The molecule has 0 aromatic heterocycles. The molecule has 0 aliphatic carbocycles. The molecule has 0 aromatic carbocycles. The Labute approximate surface area is 262 Å². The summed E-state index contributed by atoms with van der Waals surface area (Å²) in [6.45, 7) is 30.7. The van der Waals surface area contributed by atoms with E-state index in [1.165, 1.54) is 38.5 Å². The van der Waals surface area contributed by atoms with Crippen molar-refractivity contribution in [3.63, 3.8) is 0 Å². The molecule has 2 saturated heterocycles. The second kappa shape index (κ2) is 19.0. The maximum absolute atomic E-state index is 4.75. The SMILES string of the molecule is CC1(C)CCCC(C)(C)[N-]1.CC1(C)CCCC(C)(C)[N-]1.CN(C)CCN(C)C.[CH2-][Si](C)(C)C.[Mg+2].[Na+]. The van der Waals surface area contributed by atoms with E-state index >= 15 is 0 Å². The van der Waals surface area contributed by atoms with Crippen LogP contribution in [0.5, 0.6) is 0 Å². The summed E-state index contributed by atoms with van der Waals surface area (Å²) >= 11 is 0. The van der Waals surface area contributed by atoms with Crippen molar-refractivity contribution in [2.45, 2.75) is 136 Å². The van der Waals surface area contributed by atoms with Crippen molar-refractivity contribution in [2.75, 3.05) is 41.3 Å². The first-order chi connectivity index (χ1) is 14.5. The Balaban J connectivity index is -0.000000185. The van der Waals surface area contributed by atoms with Crippen LogP contribution in [-0.4, -0.2) is 104 Å². The molecule has 0 radical (unpaired) electrons. The van der Waals surface area contributed by atoms with E-state index in [0.717, 1.165) is 13.1 Å². The third-order valence-electron chi connectivity index (χ3n) is 5.36. The first-order valence-electron chi connectivity index (χ1n) is 13.1. The minimum Gasteiger partial charge on any atom is -0.652 e. The van der Waals surface area contributed by atoms with E-state index in [-0.39, 0.29) is 74.8 Å². The van der Waals surface area contributed by atoms with Gasteiger partial charge in [0.25, 0.3) is 0 Å². The number of piperidine rings is 2. The van der Waals surface area contributed by atoms with Crippen LogP contribution in [0.25, 0.3) is 10.6 Å². The fourth-order valence-corrected chi connectivity index (χ4v) is 4.17. The third-order valence-corrected chi connectivity index (χ3v) is 5.36. The van der Waals surface area contributed by atoms with Gasteiger partial charge >= 0.3 is 52.6 Å². The summed E-state index contributed by atoms with van der Waals surface area (Å²) < 4.78 is 0. The molecular formula is C28H63MgN4NaSi. The fourth-order valence-electron chi connectivity index (χ4n) is 4.17. The van der Waals surface area contributed by atoms with Crippen molar-refractivity contribution in [3.05, 3.63) is 17.2 Å². The molecule has 0 aromatic rings. The topological polar surface area (TPSA) is 34.7 Å². The molecule has 0 bridgehead atoms. The van der Waals surface area contributed by atoms with Crippen LogP contribution in [0.4, 0.5) is 0 Å². The van der Waals surface area contributed by atoms with Gasteiger partial charge in [-0.1, -0.05) is 114 Å². The molecule has 2 heterocycles. The van der Waals surface area contributed by atoms with Gasteiger partial charge in [-0.05, 0) is 28.2 Å². The Morgan fingerprint density at radius 2 is 0.771 bits per heavy atom. The second-order valence-electron chi connectivity index (χ2n) is 14.3. The third kappa shape index (κ3) is 33.8. The molecule has 2 fully saturated rings. The number of hydrogen-bond acceptors (Lipinski definition) is 2. The van der Waals surface area contributed by atoms with Crippen LogP contribution in [0.1, 0.15) is 93.9 Å². The summed E-state index contributed by atoms with van der Waals surface area (Å²) in [5.74, 6) is 0. The summed E-state index contributed by atoms with van der Waals surface area (Å²) in [6.07, 6.45) is 7.72. The van der Waals surface area contributed by atoms with E-state index in [2.05, 4.69) is 120 Å². The smallest absolute Gasteiger partial charge is 0.652 e. The van der Waals surface area contributed by atoms with Gasteiger partial charge < -0.3 is 27.0 Å². The normalized spacial score (nSPS) is 21.4. The molecule has 0 spiro atoms. The van der Waals surface area contributed by atoms with E-state index in [1.807, 2.05) is 0 Å². The molecule has 0 N–H and O–H groups in total. The van der Waals surface area contributed by atoms with Crippen LogP contribution in [0, 0.1) is 6.55 Å². The molecular weight excluding hydrogens is 468 g/mol. The molecule has 2 aliphatic rings. The zero-order valence-electron chi connectivity index (χ0n) is 27.4. The summed E-state index contributed by atoms with van der Waals surface area (Å²) in [6, 6.07) is 0. The van der Waals surface area contributed by atoms with Crippen molar-refractivity contribution in [1.29, 1.82) is 0 Å². The Hall–Kier alpha value is 1.82. The maximum Gasteiger partial charge on any atom is 2.00 e. The van der Waals surface area contributed by atoms with Crippen molar-refractivity contribution in [3.8, 4) is 0 Å². The zero-order valence-corrected chi connectivity index (χ0v) is 31.8. The van der Waals surface area contributed by atoms with E-state index < -0.39 is 8.07 Å². The molecule has 0 unspecified atom stereocenters. The van der Waals surface area contributed by atoms with Gasteiger partial charge in [-0.3, -0.25) is 0 Å². The molecule has 4 nitrogen and oxygen atoms in total. The number of likely N-dealkylation sites (N-methyl/N-ethyl adjacent to an activating group) is 2. The van der Waals surface area contributed by atoms with Crippen molar-refractivity contribution < 1.29 is 29.6 Å². The minimum atomic E-state index is -0.861. The Bertz CT molecular complexity index is 442. The van der Waals surface area contributed by atoms with Gasteiger partial charge in [-0.15, -0.1) is 30.2 Å². The Morgan fingerprint density at radius 3 is 0.857 bits per heavy atom. The van der Waals surface area contributed by atoms with Crippen molar-refractivity contribution >= 4 is 31.1 Å². The number of nitrogens with zero attached hydrogens (tertiary/aromatic N) is 4. The van der Waals surface area contributed by atoms with E-state index in [0.29, 0.717) is 0 Å². The predicted molar refractivity (Wildman–Crippen MR) is 162 cm³/mol. The van der Waals surface area contributed by atoms with Gasteiger partial charge in [-0.2, -0.15) is 0 Å². The second-order valence-corrected chi connectivity index (χ2v) is 19.5. The van der Waals surface area contributed by atoms with Crippen LogP contribution in [0.2, 0.25) is 19.6 Å². The first kappa shape index (κ1) is 43.9. The summed E-state index contributed by atoms with van der Waals surface area (Å²) in [7, 11) is 7.49.